The first-order valence-corrected chi connectivity index (χ1v) is 11.4. The van der Waals surface area contributed by atoms with Gasteiger partial charge in [-0.3, -0.25) is 9.59 Å². The molecule has 156 valence electrons. The Hall–Kier alpha value is -1.69. The number of hydrogen-bond donors (Lipinski definition) is 1. The van der Waals surface area contributed by atoms with E-state index in [2.05, 4.69) is 5.32 Å². The van der Waals surface area contributed by atoms with E-state index in [0.29, 0.717) is 41.7 Å². The Morgan fingerprint density at radius 2 is 1.59 bits per heavy atom. The summed E-state index contributed by atoms with van der Waals surface area (Å²) in [5.74, 6) is 0.464. The molecule has 2 aromatic rings. The molecule has 0 unspecified atom stereocenters. The first-order valence-electron chi connectivity index (χ1n) is 9.64. The fraction of sp³-hybridized carbons (Fsp3) is 0.364. The molecule has 0 aliphatic heterocycles. The highest BCUT2D eigenvalue weighted by atomic mass is 35.5. The molecule has 29 heavy (non-hydrogen) atoms. The number of likely N-dealkylation sites (N-methyl/N-ethyl adjacent to an activating group) is 1. The van der Waals surface area contributed by atoms with E-state index in [4.69, 9.17) is 23.2 Å². The molecular formula is C22H26Cl2N2O2S. The molecule has 2 aromatic carbocycles. The molecule has 1 N–H and O–H groups in total. The van der Waals surface area contributed by atoms with Crippen LogP contribution in [0.4, 0.5) is 0 Å². The van der Waals surface area contributed by atoms with Gasteiger partial charge in [-0.05, 0) is 55.3 Å². The van der Waals surface area contributed by atoms with Crippen LogP contribution in [0.5, 0.6) is 0 Å². The Kier molecular flexibility index (Phi) is 9.85. The molecule has 0 saturated heterocycles. The number of carbonyl (C=O) groups excluding carboxylic acids is 2. The average molecular weight is 453 g/mol. The predicted octanol–water partition coefficient (Wildman–Crippen LogP) is 5.42. The molecular weight excluding hydrogens is 427 g/mol. The van der Waals surface area contributed by atoms with Gasteiger partial charge in [0.15, 0.2) is 0 Å². The standard InChI is InChI=1S/C22H26Cl2N2O2S/c1-3-20(22(28)25-4-2)26(15-16-5-7-17(23)8-6-16)21(27)13-14-29-19-11-9-18(24)10-12-19/h5-12,20H,3-4,13-15H2,1-2H3,(H,25,28)/t20-/m1/s1. The van der Waals surface area contributed by atoms with E-state index in [0.717, 1.165) is 10.5 Å². The van der Waals surface area contributed by atoms with Crippen molar-refractivity contribution in [3.8, 4) is 0 Å². The minimum atomic E-state index is -0.501. The lowest BCUT2D eigenvalue weighted by molar-refractivity contribution is -0.141. The summed E-state index contributed by atoms with van der Waals surface area (Å²) in [7, 11) is 0. The van der Waals surface area contributed by atoms with Crippen molar-refractivity contribution < 1.29 is 9.59 Å². The first-order chi connectivity index (χ1) is 13.9. The summed E-state index contributed by atoms with van der Waals surface area (Å²) in [6, 6.07) is 14.4. The molecule has 0 aromatic heterocycles. The van der Waals surface area contributed by atoms with E-state index in [1.165, 1.54) is 0 Å². The molecule has 0 radical (unpaired) electrons. The molecule has 0 aliphatic rings. The lowest BCUT2D eigenvalue weighted by Gasteiger charge is -2.30. The SMILES string of the molecule is CCNC(=O)[C@@H](CC)N(Cc1ccc(Cl)cc1)C(=O)CCSc1ccc(Cl)cc1. The molecule has 0 heterocycles. The van der Waals surface area contributed by atoms with Crippen molar-refractivity contribution in [1.29, 1.82) is 0 Å². The van der Waals surface area contributed by atoms with Crippen LogP contribution in [0.25, 0.3) is 0 Å². The third kappa shape index (κ3) is 7.57. The van der Waals surface area contributed by atoms with Gasteiger partial charge in [-0.2, -0.15) is 0 Å². The molecule has 2 rings (SSSR count). The third-order valence-electron chi connectivity index (χ3n) is 4.40. The maximum absolute atomic E-state index is 13.1. The second-order valence-electron chi connectivity index (χ2n) is 6.52. The number of halogens is 2. The number of carbonyl (C=O) groups is 2. The number of hydrogen-bond acceptors (Lipinski definition) is 3. The third-order valence-corrected chi connectivity index (χ3v) is 5.92. The zero-order valence-corrected chi connectivity index (χ0v) is 19.0. The van der Waals surface area contributed by atoms with Gasteiger partial charge in [-0.1, -0.05) is 42.3 Å². The topological polar surface area (TPSA) is 49.4 Å². The second-order valence-corrected chi connectivity index (χ2v) is 8.56. The summed E-state index contributed by atoms with van der Waals surface area (Å²) in [5, 5.41) is 4.17. The number of amides is 2. The first kappa shape index (κ1) is 23.6. The Labute approximate surface area is 187 Å². The molecule has 0 spiro atoms. The van der Waals surface area contributed by atoms with Crippen LogP contribution in [0, 0.1) is 0 Å². The summed E-state index contributed by atoms with van der Waals surface area (Å²) in [4.78, 5) is 28.3. The minimum Gasteiger partial charge on any atom is -0.355 e. The number of benzene rings is 2. The lowest BCUT2D eigenvalue weighted by atomic mass is 10.1. The monoisotopic (exact) mass is 452 g/mol. The number of rotatable bonds is 10. The van der Waals surface area contributed by atoms with Crippen LogP contribution in [0.3, 0.4) is 0 Å². The summed E-state index contributed by atoms with van der Waals surface area (Å²) in [6.45, 7) is 4.70. The second kappa shape index (κ2) is 12.1. The fourth-order valence-electron chi connectivity index (χ4n) is 2.93. The zero-order valence-electron chi connectivity index (χ0n) is 16.7. The number of thioether (sulfide) groups is 1. The van der Waals surface area contributed by atoms with Crippen molar-refractivity contribution in [2.24, 2.45) is 0 Å². The van der Waals surface area contributed by atoms with Crippen LogP contribution >= 0.6 is 35.0 Å². The van der Waals surface area contributed by atoms with Crippen LogP contribution in [0.1, 0.15) is 32.3 Å². The Morgan fingerprint density at radius 1 is 1.00 bits per heavy atom. The van der Waals surface area contributed by atoms with Gasteiger partial charge in [-0.25, -0.2) is 0 Å². The molecule has 0 fully saturated rings. The van der Waals surface area contributed by atoms with Crippen molar-refractivity contribution in [2.75, 3.05) is 12.3 Å². The fourth-order valence-corrected chi connectivity index (χ4v) is 4.02. The molecule has 1 atom stereocenters. The molecule has 4 nitrogen and oxygen atoms in total. The van der Waals surface area contributed by atoms with E-state index in [9.17, 15) is 9.59 Å². The minimum absolute atomic E-state index is 0.0421. The summed E-state index contributed by atoms with van der Waals surface area (Å²) >= 11 is 13.5. The molecule has 0 aliphatic carbocycles. The van der Waals surface area contributed by atoms with Crippen LogP contribution in [-0.2, 0) is 16.1 Å². The van der Waals surface area contributed by atoms with Crippen LogP contribution in [0.15, 0.2) is 53.4 Å². The highest BCUT2D eigenvalue weighted by Crippen LogP contribution is 2.22. The van der Waals surface area contributed by atoms with Crippen molar-refractivity contribution in [3.05, 3.63) is 64.1 Å². The van der Waals surface area contributed by atoms with Crippen LogP contribution in [-0.4, -0.2) is 35.1 Å². The van der Waals surface area contributed by atoms with Gasteiger partial charge in [0.25, 0.3) is 0 Å². The molecule has 2 amide bonds. The largest absolute Gasteiger partial charge is 0.355 e. The number of nitrogens with zero attached hydrogens (tertiary/aromatic N) is 1. The van der Waals surface area contributed by atoms with E-state index in [1.807, 2.05) is 50.2 Å². The van der Waals surface area contributed by atoms with E-state index in [1.54, 1.807) is 28.8 Å². The van der Waals surface area contributed by atoms with E-state index < -0.39 is 6.04 Å². The van der Waals surface area contributed by atoms with Gasteiger partial charge in [-0.15, -0.1) is 11.8 Å². The van der Waals surface area contributed by atoms with Crippen molar-refractivity contribution in [1.82, 2.24) is 10.2 Å². The van der Waals surface area contributed by atoms with Crippen molar-refractivity contribution in [2.45, 2.75) is 44.2 Å². The highest BCUT2D eigenvalue weighted by Gasteiger charge is 2.28. The van der Waals surface area contributed by atoms with Gasteiger partial charge in [0, 0.05) is 40.2 Å². The van der Waals surface area contributed by atoms with Gasteiger partial charge < -0.3 is 10.2 Å². The van der Waals surface area contributed by atoms with Gasteiger partial charge in [0.05, 0.1) is 0 Å². The van der Waals surface area contributed by atoms with Gasteiger partial charge in [0.1, 0.15) is 6.04 Å². The quantitative estimate of drug-likeness (QED) is 0.489. The average Bonchev–Trinajstić information content (AvgIpc) is 2.71. The van der Waals surface area contributed by atoms with Gasteiger partial charge in [0.2, 0.25) is 11.8 Å². The molecule has 0 saturated carbocycles. The smallest absolute Gasteiger partial charge is 0.242 e. The van der Waals surface area contributed by atoms with Crippen molar-refractivity contribution >= 4 is 46.8 Å². The summed E-state index contributed by atoms with van der Waals surface area (Å²) in [5.41, 5.74) is 0.941. The normalized spacial score (nSPS) is 11.7. The number of nitrogens with one attached hydrogen (secondary N) is 1. The maximum atomic E-state index is 13.1. The maximum Gasteiger partial charge on any atom is 0.242 e. The summed E-state index contributed by atoms with van der Waals surface area (Å²) in [6.07, 6.45) is 0.895. The molecule has 0 bridgehead atoms. The lowest BCUT2D eigenvalue weighted by Crippen LogP contribution is -2.49. The highest BCUT2D eigenvalue weighted by molar-refractivity contribution is 7.99. The van der Waals surface area contributed by atoms with Crippen molar-refractivity contribution in [3.63, 3.8) is 0 Å². The van der Waals surface area contributed by atoms with E-state index in [-0.39, 0.29) is 11.8 Å². The Morgan fingerprint density at radius 3 is 2.14 bits per heavy atom. The van der Waals surface area contributed by atoms with Gasteiger partial charge >= 0.3 is 0 Å². The Bertz CT molecular complexity index is 797. The molecule has 7 heteroatoms. The summed E-state index contributed by atoms with van der Waals surface area (Å²) < 4.78 is 0. The van der Waals surface area contributed by atoms with Crippen LogP contribution in [0.2, 0.25) is 10.0 Å². The van der Waals surface area contributed by atoms with Crippen LogP contribution < -0.4 is 5.32 Å². The predicted molar refractivity (Wildman–Crippen MR) is 122 cm³/mol. The Balaban J connectivity index is 2.08. The van der Waals surface area contributed by atoms with E-state index >= 15 is 0 Å². The zero-order chi connectivity index (χ0) is 21.2.